The highest BCUT2D eigenvalue weighted by molar-refractivity contribution is 7.14. The molecule has 2 heterocycles. The molecule has 86 valence electrons. The van der Waals surface area contributed by atoms with Crippen LogP contribution in [0.3, 0.4) is 0 Å². The molecular formula is C11H13NO3S. The number of nitrogens with zero attached hydrogens (tertiary/aromatic N) is 1. The Hall–Kier alpha value is -1.20. The highest BCUT2D eigenvalue weighted by Gasteiger charge is 2.21. The molecule has 2 rings (SSSR count). The van der Waals surface area contributed by atoms with Gasteiger partial charge in [-0.1, -0.05) is 0 Å². The van der Waals surface area contributed by atoms with Crippen LogP contribution in [0.25, 0.3) is 0 Å². The molecule has 1 saturated heterocycles. The molecule has 1 aliphatic rings. The molecule has 16 heavy (non-hydrogen) atoms. The van der Waals surface area contributed by atoms with E-state index in [9.17, 15) is 9.59 Å². The third-order valence-corrected chi connectivity index (χ3v) is 3.48. The van der Waals surface area contributed by atoms with Crippen molar-refractivity contribution >= 4 is 23.0 Å². The van der Waals surface area contributed by atoms with Crippen LogP contribution in [-0.2, 0) is 9.53 Å². The summed E-state index contributed by atoms with van der Waals surface area (Å²) in [5.74, 6) is -0.0961. The zero-order valence-electron chi connectivity index (χ0n) is 9.06. The van der Waals surface area contributed by atoms with E-state index in [-0.39, 0.29) is 24.8 Å². The van der Waals surface area contributed by atoms with E-state index in [1.54, 1.807) is 4.90 Å². The van der Waals surface area contributed by atoms with E-state index in [0.29, 0.717) is 13.2 Å². The molecule has 1 aromatic rings. The second-order valence-electron chi connectivity index (χ2n) is 3.70. The number of carbonyl (C=O) groups is 2. The molecule has 0 spiro atoms. The predicted molar refractivity (Wildman–Crippen MR) is 60.8 cm³/mol. The van der Waals surface area contributed by atoms with Crippen LogP contribution in [0, 0.1) is 6.92 Å². The van der Waals surface area contributed by atoms with E-state index >= 15 is 0 Å². The summed E-state index contributed by atoms with van der Waals surface area (Å²) in [4.78, 5) is 26.6. The molecule has 1 aliphatic heterocycles. The third kappa shape index (κ3) is 2.48. The minimum atomic E-state index is -0.104. The predicted octanol–water partition coefficient (Wildman–Crippen LogP) is 1.10. The summed E-state index contributed by atoms with van der Waals surface area (Å²) in [5, 5.41) is 0. The monoisotopic (exact) mass is 239 g/mol. The number of ketones is 1. The van der Waals surface area contributed by atoms with Crippen LogP contribution in [0.2, 0.25) is 0 Å². The number of carbonyl (C=O) groups excluding carboxylic acids is 2. The Morgan fingerprint density at radius 3 is 3.00 bits per heavy atom. The number of hydrogen-bond acceptors (Lipinski definition) is 4. The fourth-order valence-corrected chi connectivity index (χ4v) is 2.35. The van der Waals surface area contributed by atoms with Crippen molar-refractivity contribution in [2.75, 3.05) is 26.3 Å². The standard InChI is InChI=1S/C11H13NO3S/c1-8-2-3-10(16-8)9(13)6-12-4-5-15-7-11(12)14/h2-3H,4-7H2,1H3. The van der Waals surface area contributed by atoms with Gasteiger partial charge in [0.1, 0.15) is 6.61 Å². The summed E-state index contributed by atoms with van der Waals surface area (Å²) < 4.78 is 5.00. The molecule has 4 nitrogen and oxygen atoms in total. The van der Waals surface area contributed by atoms with Crippen molar-refractivity contribution in [3.8, 4) is 0 Å². The number of ether oxygens (including phenoxy) is 1. The summed E-state index contributed by atoms with van der Waals surface area (Å²) in [6.07, 6.45) is 0. The first-order valence-corrected chi connectivity index (χ1v) is 5.93. The van der Waals surface area contributed by atoms with Gasteiger partial charge in [-0.3, -0.25) is 9.59 Å². The van der Waals surface area contributed by atoms with Crippen LogP contribution in [0.1, 0.15) is 14.5 Å². The number of hydrogen-bond donors (Lipinski definition) is 0. The minimum Gasteiger partial charge on any atom is -0.370 e. The second-order valence-corrected chi connectivity index (χ2v) is 4.99. The normalized spacial score (nSPS) is 16.6. The number of rotatable bonds is 3. The van der Waals surface area contributed by atoms with Crippen LogP contribution in [-0.4, -0.2) is 42.9 Å². The Balaban J connectivity index is 1.99. The minimum absolute atomic E-state index is 0.00773. The smallest absolute Gasteiger partial charge is 0.249 e. The molecule has 5 heteroatoms. The number of aryl methyl sites for hydroxylation is 1. The van der Waals surface area contributed by atoms with Crippen LogP contribution in [0.5, 0.6) is 0 Å². The zero-order valence-corrected chi connectivity index (χ0v) is 9.88. The molecule has 0 aliphatic carbocycles. The van der Waals surface area contributed by atoms with Gasteiger partial charge in [0, 0.05) is 11.4 Å². The van der Waals surface area contributed by atoms with Crippen LogP contribution in [0.4, 0.5) is 0 Å². The fraction of sp³-hybridized carbons (Fsp3) is 0.455. The molecule has 0 N–H and O–H groups in total. The lowest BCUT2D eigenvalue weighted by molar-refractivity contribution is -0.141. The number of Topliss-reactive ketones (excluding diaryl/α,β-unsaturated/α-hetero) is 1. The summed E-state index contributed by atoms with van der Waals surface area (Å²) in [6, 6.07) is 3.73. The maximum atomic E-state index is 11.8. The molecule has 1 amide bonds. The Bertz CT molecular complexity index is 413. The zero-order chi connectivity index (χ0) is 11.5. The van der Waals surface area contributed by atoms with Gasteiger partial charge in [0.15, 0.2) is 5.78 Å². The lowest BCUT2D eigenvalue weighted by atomic mass is 10.3. The molecular weight excluding hydrogens is 226 g/mol. The van der Waals surface area contributed by atoms with Gasteiger partial charge in [0.2, 0.25) is 5.91 Å². The van der Waals surface area contributed by atoms with Crippen molar-refractivity contribution in [3.05, 3.63) is 21.9 Å². The van der Waals surface area contributed by atoms with Gasteiger partial charge in [-0.05, 0) is 19.1 Å². The second kappa shape index (κ2) is 4.76. The summed E-state index contributed by atoms with van der Waals surface area (Å²) >= 11 is 1.47. The van der Waals surface area contributed by atoms with E-state index in [1.807, 2.05) is 19.1 Å². The van der Waals surface area contributed by atoms with Crippen molar-refractivity contribution in [1.82, 2.24) is 4.90 Å². The average molecular weight is 239 g/mol. The quantitative estimate of drug-likeness (QED) is 0.742. The van der Waals surface area contributed by atoms with E-state index < -0.39 is 0 Å². The van der Waals surface area contributed by atoms with Gasteiger partial charge in [-0.25, -0.2) is 0 Å². The van der Waals surface area contributed by atoms with Crippen molar-refractivity contribution in [3.63, 3.8) is 0 Å². The van der Waals surface area contributed by atoms with Gasteiger partial charge in [0.25, 0.3) is 0 Å². The molecule has 0 unspecified atom stereocenters. The molecule has 0 bridgehead atoms. The highest BCUT2D eigenvalue weighted by atomic mass is 32.1. The van der Waals surface area contributed by atoms with Crippen molar-refractivity contribution in [1.29, 1.82) is 0 Å². The molecule has 0 atom stereocenters. The number of morpholine rings is 1. The highest BCUT2D eigenvalue weighted by Crippen LogP contribution is 2.16. The Morgan fingerprint density at radius 1 is 1.56 bits per heavy atom. The van der Waals surface area contributed by atoms with Crippen molar-refractivity contribution < 1.29 is 14.3 Å². The Morgan fingerprint density at radius 2 is 2.38 bits per heavy atom. The molecule has 0 aromatic carbocycles. The van der Waals surface area contributed by atoms with Crippen LogP contribution >= 0.6 is 11.3 Å². The van der Waals surface area contributed by atoms with Crippen molar-refractivity contribution in [2.24, 2.45) is 0 Å². The summed E-state index contributed by atoms with van der Waals surface area (Å²) in [7, 11) is 0. The lowest BCUT2D eigenvalue weighted by Crippen LogP contribution is -2.44. The lowest BCUT2D eigenvalue weighted by Gasteiger charge is -2.25. The van der Waals surface area contributed by atoms with Gasteiger partial charge in [-0.15, -0.1) is 11.3 Å². The van der Waals surface area contributed by atoms with Gasteiger partial charge < -0.3 is 9.64 Å². The first-order chi connectivity index (χ1) is 7.66. The van der Waals surface area contributed by atoms with E-state index in [1.165, 1.54) is 11.3 Å². The van der Waals surface area contributed by atoms with Gasteiger partial charge >= 0.3 is 0 Å². The number of thiophene rings is 1. The molecule has 1 fully saturated rings. The average Bonchev–Trinajstić information content (AvgIpc) is 2.68. The third-order valence-electron chi connectivity index (χ3n) is 2.43. The van der Waals surface area contributed by atoms with Crippen LogP contribution in [0.15, 0.2) is 12.1 Å². The SMILES string of the molecule is Cc1ccc(C(=O)CN2CCOCC2=O)s1. The summed E-state index contributed by atoms with van der Waals surface area (Å²) in [5.41, 5.74) is 0. The van der Waals surface area contributed by atoms with E-state index in [4.69, 9.17) is 4.74 Å². The first-order valence-electron chi connectivity index (χ1n) is 5.12. The van der Waals surface area contributed by atoms with Gasteiger partial charge in [-0.2, -0.15) is 0 Å². The molecule has 0 radical (unpaired) electrons. The van der Waals surface area contributed by atoms with E-state index in [0.717, 1.165) is 9.75 Å². The van der Waals surface area contributed by atoms with Crippen LogP contribution < -0.4 is 0 Å². The van der Waals surface area contributed by atoms with E-state index in [2.05, 4.69) is 0 Å². The summed E-state index contributed by atoms with van der Waals surface area (Å²) in [6.45, 7) is 3.25. The fourth-order valence-electron chi connectivity index (χ4n) is 1.55. The first kappa shape index (κ1) is 11.3. The maximum Gasteiger partial charge on any atom is 0.249 e. The Labute approximate surface area is 97.8 Å². The molecule has 1 aromatic heterocycles. The maximum absolute atomic E-state index is 11.8. The van der Waals surface area contributed by atoms with Gasteiger partial charge in [0.05, 0.1) is 18.0 Å². The molecule has 0 saturated carbocycles. The topological polar surface area (TPSA) is 46.6 Å². The van der Waals surface area contributed by atoms with Crippen molar-refractivity contribution in [2.45, 2.75) is 6.92 Å². The number of amides is 1. The Kier molecular flexibility index (Phi) is 3.36. The largest absolute Gasteiger partial charge is 0.370 e.